The molecule has 4 heterocycles. The van der Waals surface area contributed by atoms with Gasteiger partial charge in [-0.05, 0) is 19.3 Å². The Hall–Kier alpha value is -2.45. The number of hydrogen-bond donors (Lipinski definition) is 0. The van der Waals surface area contributed by atoms with Gasteiger partial charge < -0.3 is 14.2 Å². The quantitative estimate of drug-likeness (QED) is 0.636. The average Bonchev–Trinajstić information content (AvgIpc) is 3.38. The van der Waals surface area contributed by atoms with Crippen molar-refractivity contribution in [3.63, 3.8) is 0 Å². The molecule has 1 amide bonds. The Morgan fingerprint density at radius 1 is 1.37 bits per heavy atom. The highest BCUT2D eigenvalue weighted by Crippen LogP contribution is 2.33. The number of likely N-dealkylation sites (tertiary alicyclic amines) is 1. The number of nitrogens with zero attached hydrogens (tertiary/aromatic N) is 4. The number of aromatic nitrogens is 3. The van der Waals surface area contributed by atoms with Gasteiger partial charge >= 0.3 is 0 Å². The van der Waals surface area contributed by atoms with Crippen molar-refractivity contribution in [1.82, 2.24) is 20.0 Å². The van der Waals surface area contributed by atoms with E-state index in [0.29, 0.717) is 23.1 Å². The highest BCUT2D eigenvalue weighted by atomic mass is 35.5. The Morgan fingerprint density at radius 3 is 3.11 bits per heavy atom. The first kappa shape index (κ1) is 17.9. The molecule has 0 bridgehead atoms. The molecule has 3 aromatic heterocycles. The molecule has 1 aliphatic heterocycles. The number of hydrogen-bond acceptors (Lipinski definition) is 7. The fourth-order valence-corrected chi connectivity index (χ4v) is 4.03. The van der Waals surface area contributed by atoms with Gasteiger partial charge in [0.05, 0.1) is 17.3 Å². The van der Waals surface area contributed by atoms with E-state index >= 15 is 0 Å². The number of thiazole rings is 1. The van der Waals surface area contributed by atoms with Crippen molar-refractivity contribution in [2.75, 3.05) is 6.54 Å². The van der Waals surface area contributed by atoms with Gasteiger partial charge in [-0.15, -0.1) is 11.3 Å². The molecule has 0 aromatic carbocycles. The minimum Gasteiger partial charge on any atom is -0.484 e. The summed E-state index contributed by atoms with van der Waals surface area (Å²) in [5.41, 5.74) is 0.279. The van der Waals surface area contributed by atoms with Gasteiger partial charge in [0, 0.05) is 36.5 Å². The number of pyridine rings is 1. The minimum absolute atomic E-state index is 0.000171. The molecule has 3 aromatic rings. The van der Waals surface area contributed by atoms with Crippen LogP contribution in [-0.4, -0.2) is 32.5 Å². The fourth-order valence-electron chi connectivity index (χ4n) is 3.09. The molecule has 0 aliphatic carbocycles. The second kappa shape index (κ2) is 8.06. The summed E-state index contributed by atoms with van der Waals surface area (Å²) in [6, 6.07) is 3.28. The number of carbonyl (C=O) groups excluding carboxylic acids is 1. The maximum Gasteiger partial charge on any atom is 0.276 e. The van der Waals surface area contributed by atoms with Crippen molar-refractivity contribution in [3.8, 4) is 5.75 Å². The van der Waals surface area contributed by atoms with Crippen LogP contribution < -0.4 is 4.74 Å². The predicted molar refractivity (Wildman–Crippen MR) is 99.8 cm³/mol. The van der Waals surface area contributed by atoms with Crippen LogP contribution in [0.5, 0.6) is 5.75 Å². The van der Waals surface area contributed by atoms with Crippen LogP contribution in [0.15, 0.2) is 40.6 Å². The first-order valence-electron chi connectivity index (χ1n) is 8.60. The average molecular weight is 405 g/mol. The normalized spacial score (nSPS) is 17.1. The minimum atomic E-state index is -0.144. The van der Waals surface area contributed by atoms with Crippen molar-refractivity contribution >= 4 is 28.8 Å². The molecule has 1 atom stereocenters. The third kappa shape index (κ3) is 4.12. The molecule has 1 saturated heterocycles. The molecular weight excluding hydrogens is 388 g/mol. The number of amides is 1. The highest BCUT2D eigenvalue weighted by Gasteiger charge is 2.31. The topological polar surface area (TPSA) is 81.3 Å². The summed E-state index contributed by atoms with van der Waals surface area (Å²) in [6.45, 7) is 0.828. The zero-order valence-corrected chi connectivity index (χ0v) is 15.9. The lowest BCUT2D eigenvalue weighted by Gasteiger charge is -2.33. The molecule has 1 aliphatic rings. The van der Waals surface area contributed by atoms with E-state index in [9.17, 15) is 4.79 Å². The van der Waals surface area contributed by atoms with E-state index in [4.69, 9.17) is 20.9 Å². The Morgan fingerprint density at radius 2 is 2.30 bits per heavy atom. The molecule has 4 rings (SSSR count). The number of piperidine rings is 1. The summed E-state index contributed by atoms with van der Waals surface area (Å²) in [4.78, 5) is 23.1. The van der Waals surface area contributed by atoms with Gasteiger partial charge in [-0.25, -0.2) is 4.98 Å². The molecule has 0 N–H and O–H groups in total. The zero-order valence-electron chi connectivity index (χ0n) is 14.4. The number of halogens is 1. The van der Waals surface area contributed by atoms with Gasteiger partial charge in [0.2, 0.25) is 0 Å². The monoisotopic (exact) mass is 404 g/mol. The molecule has 0 unspecified atom stereocenters. The second-order valence-corrected chi connectivity index (χ2v) is 7.55. The predicted octanol–water partition coefficient (Wildman–Crippen LogP) is 4.13. The van der Waals surface area contributed by atoms with Gasteiger partial charge in [-0.2, -0.15) is 0 Å². The van der Waals surface area contributed by atoms with Gasteiger partial charge in [0.15, 0.2) is 11.5 Å². The van der Waals surface area contributed by atoms with Gasteiger partial charge in [0.25, 0.3) is 5.91 Å². The molecule has 140 valence electrons. The van der Waals surface area contributed by atoms with Crippen LogP contribution >= 0.6 is 22.9 Å². The van der Waals surface area contributed by atoms with Crippen LogP contribution in [0, 0.1) is 0 Å². The summed E-state index contributed by atoms with van der Waals surface area (Å²) in [7, 11) is 0. The summed E-state index contributed by atoms with van der Waals surface area (Å²) in [6.07, 6.45) is 7.82. The number of rotatable bonds is 5. The van der Waals surface area contributed by atoms with E-state index < -0.39 is 0 Å². The lowest BCUT2D eigenvalue weighted by Crippen LogP contribution is -2.38. The standard InChI is InChI=1S/C18H17ClN4O3S/c19-12-7-13(10-20-9-12)25-11-14-8-15(22-26-14)18(24)23-5-2-1-3-16(23)17-21-4-6-27-17/h4,6-10,16H,1-3,5,11H2/t16-/m1/s1. The van der Waals surface area contributed by atoms with Gasteiger partial charge in [-0.1, -0.05) is 16.8 Å². The Bertz CT molecular complexity index is 915. The van der Waals surface area contributed by atoms with Crippen molar-refractivity contribution in [1.29, 1.82) is 0 Å². The Kier molecular flexibility index (Phi) is 5.35. The summed E-state index contributed by atoms with van der Waals surface area (Å²) >= 11 is 7.45. The van der Waals surface area contributed by atoms with E-state index in [-0.39, 0.29) is 24.2 Å². The van der Waals surface area contributed by atoms with E-state index in [2.05, 4.69) is 15.1 Å². The first-order valence-corrected chi connectivity index (χ1v) is 9.86. The van der Waals surface area contributed by atoms with E-state index in [0.717, 1.165) is 24.3 Å². The molecule has 27 heavy (non-hydrogen) atoms. The number of carbonyl (C=O) groups is 1. The SMILES string of the molecule is O=C(c1cc(COc2cncc(Cl)c2)on1)N1CCCC[C@@H]1c1nccs1. The van der Waals surface area contributed by atoms with Crippen LogP contribution in [0.3, 0.4) is 0 Å². The fraction of sp³-hybridized carbons (Fsp3) is 0.333. The summed E-state index contributed by atoms with van der Waals surface area (Å²) in [5.74, 6) is 0.835. The maximum atomic E-state index is 12.9. The third-order valence-electron chi connectivity index (χ3n) is 4.34. The number of ether oxygens (including phenoxy) is 1. The van der Waals surface area contributed by atoms with Crippen LogP contribution in [-0.2, 0) is 6.61 Å². The molecule has 0 saturated carbocycles. The smallest absolute Gasteiger partial charge is 0.276 e. The molecular formula is C18H17ClN4O3S. The van der Waals surface area contributed by atoms with Crippen LogP contribution in [0.1, 0.15) is 46.6 Å². The first-order chi connectivity index (χ1) is 13.2. The largest absolute Gasteiger partial charge is 0.484 e. The van der Waals surface area contributed by atoms with Crippen molar-refractivity contribution in [2.24, 2.45) is 0 Å². The van der Waals surface area contributed by atoms with E-state index in [1.54, 1.807) is 35.9 Å². The van der Waals surface area contributed by atoms with Gasteiger partial charge in [-0.3, -0.25) is 9.78 Å². The maximum absolute atomic E-state index is 12.9. The van der Waals surface area contributed by atoms with Crippen molar-refractivity contribution in [3.05, 3.63) is 57.6 Å². The Balaban J connectivity index is 1.44. The van der Waals surface area contributed by atoms with Crippen LogP contribution in [0.25, 0.3) is 0 Å². The summed E-state index contributed by atoms with van der Waals surface area (Å²) in [5, 5.41) is 7.31. The molecule has 0 spiro atoms. The van der Waals surface area contributed by atoms with E-state index in [1.807, 2.05) is 10.3 Å². The van der Waals surface area contributed by atoms with Crippen LogP contribution in [0.4, 0.5) is 0 Å². The van der Waals surface area contributed by atoms with E-state index in [1.165, 1.54) is 6.20 Å². The zero-order chi connectivity index (χ0) is 18.6. The van der Waals surface area contributed by atoms with Gasteiger partial charge in [0.1, 0.15) is 17.4 Å². The highest BCUT2D eigenvalue weighted by molar-refractivity contribution is 7.09. The molecule has 1 fully saturated rings. The lowest BCUT2D eigenvalue weighted by molar-refractivity contribution is 0.0600. The molecule has 9 heteroatoms. The van der Waals surface area contributed by atoms with Crippen molar-refractivity contribution in [2.45, 2.75) is 31.9 Å². The molecule has 7 nitrogen and oxygen atoms in total. The lowest BCUT2D eigenvalue weighted by atomic mass is 10.0. The Labute approximate surface area is 164 Å². The third-order valence-corrected chi connectivity index (χ3v) is 5.42. The van der Waals surface area contributed by atoms with Crippen molar-refractivity contribution < 1.29 is 14.1 Å². The second-order valence-electron chi connectivity index (χ2n) is 6.19. The summed E-state index contributed by atoms with van der Waals surface area (Å²) < 4.78 is 10.8. The molecule has 0 radical (unpaired) electrons. The van der Waals surface area contributed by atoms with Crippen LogP contribution in [0.2, 0.25) is 5.02 Å².